The molecule has 3 rings (SSSR count). The standard InChI is InChI=1S/C19H22N4O2/c1-11(2)14-6-8-15(9-7-14)25-13(4)19(24)21-18-16-10-5-12(3)20-17(16)22-23-18/h5-11,13H,1-4H3,(H2,20,21,22,23,24). The number of H-pyrrole nitrogens is 1. The Morgan fingerprint density at radius 1 is 1.12 bits per heavy atom. The summed E-state index contributed by atoms with van der Waals surface area (Å²) in [5.74, 6) is 1.32. The smallest absolute Gasteiger partial charge is 0.266 e. The minimum atomic E-state index is -0.643. The van der Waals surface area contributed by atoms with Crippen LogP contribution in [-0.2, 0) is 4.79 Å². The van der Waals surface area contributed by atoms with Crippen molar-refractivity contribution < 1.29 is 9.53 Å². The molecule has 0 saturated carbocycles. The second-order valence-corrected chi connectivity index (χ2v) is 6.39. The number of aromatic amines is 1. The molecule has 6 heteroatoms. The van der Waals surface area contributed by atoms with Gasteiger partial charge in [-0.3, -0.25) is 9.89 Å². The maximum Gasteiger partial charge on any atom is 0.266 e. The van der Waals surface area contributed by atoms with Crippen molar-refractivity contribution in [2.24, 2.45) is 0 Å². The Labute approximate surface area is 146 Å². The maximum atomic E-state index is 12.4. The summed E-state index contributed by atoms with van der Waals surface area (Å²) in [6.45, 7) is 7.88. The third-order valence-corrected chi connectivity index (χ3v) is 4.03. The van der Waals surface area contributed by atoms with Crippen LogP contribution < -0.4 is 10.1 Å². The van der Waals surface area contributed by atoms with Crippen molar-refractivity contribution in [3.05, 3.63) is 47.7 Å². The lowest BCUT2D eigenvalue weighted by atomic mass is 10.0. The number of anilines is 1. The molecule has 0 bridgehead atoms. The van der Waals surface area contributed by atoms with E-state index in [0.717, 1.165) is 11.1 Å². The average Bonchev–Trinajstić information content (AvgIpc) is 2.97. The van der Waals surface area contributed by atoms with Crippen LogP contribution in [-0.4, -0.2) is 27.2 Å². The SMILES string of the molecule is Cc1ccc2c(NC(=O)C(C)Oc3ccc(C(C)C)cc3)n[nH]c2n1. The van der Waals surface area contributed by atoms with Gasteiger partial charge in [-0.15, -0.1) is 0 Å². The number of aryl methyl sites for hydroxylation is 1. The number of benzene rings is 1. The van der Waals surface area contributed by atoms with Crippen LogP contribution in [0, 0.1) is 6.92 Å². The van der Waals surface area contributed by atoms with Gasteiger partial charge in [0.15, 0.2) is 17.6 Å². The van der Waals surface area contributed by atoms with E-state index in [9.17, 15) is 4.79 Å². The molecule has 1 aromatic carbocycles. The third-order valence-electron chi connectivity index (χ3n) is 4.03. The largest absolute Gasteiger partial charge is 0.481 e. The van der Waals surface area contributed by atoms with Crippen molar-refractivity contribution in [1.29, 1.82) is 0 Å². The topological polar surface area (TPSA) is 79.9 Å². The van der Waals surface area contributed by atoms with Crippen molar-refractivity contribution in [2.75, 3.05) is 5.32 Å². The molecule has 0 aliphatic rings. The Hall–Kier alpha value is -2.89. The predicted molar refractivity (Wildman–Crippen MR) is 97.9 cm³/mol. The number of hydrogen-bond acceptors (Lipinski definition) is 4. The highest BCUT2D eigenvalue weighted by Crippen LogP contribution is 2.21. The predicted octanol–water partition coefficient (Wildman–Crippen LogP) is 3.80. The molecular formula is C19H22N4O2. The summed E-state index contributed by atoms with van der Waals surface area (Å²) >= 11 is 0. The van der Waals surface area contributed by atoms with Crippen LogP contribution in [0.5, 0.6) is 5.75 Å². The van der Waals surface area contributed by atoms with E-state index in [2.05, 4.69) is 34.3 Å². The molecule has 0 aliphatic carbocycles. The number of nitrogens with one attached hydrogen (secondary N) is 2. The van der Waals surface area contributed by atoms with E-state index in [4.69, 9.17) is 4.74 Å². The molecule has 130 valence electrons. The molecule has 1 amide bonds. The summed E-state index contributed by atoms with van der Waals surface area (Å²) in [6.07, 6.45) is -0.643. The molecule has 0 aliphatic heterocycles. The van der Waals surface area contributed by atoms with Gasteiger partial charge in [-0.1, -0.05) is 26.0 Å². The third kappa shape index (κ3) is 3.79. The van der Waals surface area contributed by atoms with Crippen LogP contribution in [0.4, 0.5) is 5.82 Å². The summed E-state index contributed by atoms with van der Waals surface area (Å²) in [5, 5.41) is 10.5. The number of hydrogen-bond donors (Lipinski definition) is 2. The Morgan fingerprint density at radius 3 is 2.52 bits per heavy atom. The molecule has 25 heavy (non-hydrogen) atoms. The van der Waals surface area contributed by atoms with Gasteiger partial charge in [-0.25, -0.2) is 4.98 Å². The number of ether oxygens (including phenoxy) is 1. The molecule has 1 unspecified atom stereocenters. The number of nitrogens with zero attached hydrogens (tertiary/aromatic N) is 2. The minimum absolute atomic E-state index is 0.262. The molecule has 0 saturated heterocycles. The van der Waals surface area contributed by atoms with Gasteiger partial charge in [0.05, 0.1) is 5.39 Å². The molecule has 2 N–H and O–H groups in total. The van der Waals surface area contributed by atoms with Gasteiger partial charge < -0.3 is 10.1 Å². The number of rotatable bonds is 5. The molecule has 2 aromatic heterocycles. The zero-order valence-corrected chi connectivity index (χ0v) is 14.8. The minimum Gasteiger partial charge on any atom is -0.481 e. The van der Waals surface area contributed by atoms with Crippen LogP contribution in [0.2, 0.25) is 0 Å². The van der Waals surface area contributed by atoms with Gasteiger partial charge in [0.25, 0.3) is 5.91 Å². The van der Waals surface area contributed by atoms with E-state index in [1.807, 2.05) is 43.3 Å². The van der Waals surface area contributed by atoms with E-state index < -0.39 is 6.10 Å². The molecule has 2 heterocycles. The number of carbonyl (C=O) groups is 1. The van der Waals surface area contributed by atoms with E-state index in [1.165, 1.54) is 5.56 Å². The van der Waals surface area contributed by atoms with Gasteiger partial charge in [-0.2, -0.15) is 5.10 Å². The fourth-order valence-electron chi connectivity index (χ4n) is 2.50. The molecule has 3 aromatic rings. The number of aromatic nitrogens is 3. The first-order valence-electron chi connectivity index (χ1n) is 8.33. The zero-order chi connectivity index (χ0) is 18.0. The fraction of sp³-hybridized carbons (Fsp3) is 0.316. The second kappa shape index (κ2) is 6.93. The number of carbonyl (C=O) groups excluding carboxylic acids is 1. The first-order valence-corrected chi connectivity index (χ1v) is 8.33. The van der Waals surface area contributed by atoms with Crippen molar-refractivity contribution in [2.45, 2.75) is 39.7 Å². The summed E-state index contributed by atoms with van der Waals surface area (Å²) in [5.41, 5.74) is 2.76. The first kappa shape index (κ1) is 17.0. The summed E-state index contributed by atoms with van der Waals surface area (Å²) in [7, 11) is 0. The van der Waals surface area contributed by atoms with Gasteiger partial charge >= 0.3 is 0 Å². The van der Waals surface area contributed by atoms with E-state index in [1.54, 1.807) is 6.92 Å². The Balaban J connectivity index is 1.67. The van der Waals surface area contributed by atoms with Crippen molar-refractivity contribution in [3.63, 3.8) is 0 Å². The van der Waals surface area contributed by atoms with Crippen LogP contribution in [0.25, 0.3) is 11.0 Å². The summed E-state index contributed by atoms with van der Waals surface area (Å²) < 4.78 is 5.73. The molecule has 0 spiro atoms. The van der Waals surface area contributed by atoms with Gasteiger partial charge in [-0.05, 0) is 49.6 Å². The molecule has 0 radical (unpaired) electrons. The summed E-state index contributed by atoms with van der Waals surface area (Å²) in [6, 6.07) is 11.6. The average molecular weight is 338 g/mol. The Morgan fingerprint density at radius 2 is 1.84 bits per heavy atom. The first-order chi connectivity index (χ1) is 11.9. The zero-order valence-electron chi connectivity index (χ0n) is 14.8. The highest BCUT2D eigenvalue weighted by molar-refractivity contribution is 6.00. The quantitative estimate of drug-likeness (QED) is 0.741. The number of pyridine rings is 1. The normalized spacial score (nSPS) is 12.4. The van der Waals surface area contributed by atoms with Gasteiger partial charge in [0.2, 0.25) is 0 Å². The van der Waals surface area contributed by atoms with Crippen LogP contribution in [0.1, 0.15) is 37.9 Å². The Kier molecular flexibility index (Phi) is 4.70. The molecule has 0 fully saturated rings. The fourth-order valence-corrected chi connectivity index (χ4v) is 2.50. The monoisotopic (exact) mass is 338 g/mol. The second-order valence-electron chi connectivity index (χ2n) is 6.39. The lowest BCUT2D eigenvalue weighted by Crippen LogP contribution is -2.30. The lowest BCUT2D eigenvalue weighted by molar-refractivity contribution is -0.122. The van der Waals surface area contributed by atoms with Crippen LogP contribution >= 0.6 is 0 Å². The van der Waals surface area contributed by atoms with Gasteiger partial charge in [0, 0.05) is 5.69 Å². The summed E-state index contributed by atoms with van der Waals surface area (Å²) in [4.78, 5) is 16.7. The van der Waals surface area contributed by atoms with Crippen molar-refractivity contribution in [1.82, 2.24) is 15.2 Å². The lowest BCUT2D eigenvalue weighted by Gasteiger charge is -2.14. The number of fused-ring (bicyclic) bond motifs is 1. The van der Waals surface area contributed by atoms with Crippen LogP contribution in [0.3, 0.4) is 0 Å². The number of amides is 1. The molecule has 6 nitrogen and oxygen atoms in total. The van der Waals surface area contributed by atoms with E-state index in [-0.39, 0.29) is 5.91 Å². The highest BCUT2D eigenvalue weighted by Gasteiger charge is 2.18. The molecule has 1 atom stereocenters. The van der Waals surface area contributed by atoms with Crippen LogP contribution in [0.15, 0.2) is 36.4 Å². The van der Waals surface area contributed by atoms with Crippen molar-refractivity contribution >= 4 is 22.8 Å². The highest BCUT2D eigenvalue weighted by atomic mass is 16.5. The maximum absolute atomic E-state index is 12.4. The molecular weight excluding hydrogens is 316 g/mol. The van der Waals surface area contributed by atoms with E-state index >= 15 is 0 Å². The van der Waals surface area contributed by atoms with Crippen molar-refractivity contribution in [3.8, 4) is 5.75 Å². The van der Waals surface area contributed by atoms with Gasteiger partial charge in [0.1, 0.15) is 5.75 Å². The van der Waals surface area contributed by atoms with E-state index in [0.29, 0.717) is 23.1 Å². The Bertz CT molecular complexity index is 884.